The van der Waals surface area contributed by atoms with Crippen molar-refractivity contribution in [3.05, 3.63) is 65.5 Å². The van der Waals surface area contributed by atoms with E-state index in [1.807, 2.05) is 18.2 Å². The molecule has 5 heteroatoms. The Morgan fingerprint density at radius 2 is 1.85 bits per heavy atom. The minimum absolute atomic E-state index is 0.0662. The minimum Gasteiger partial charge on any atom is -0.271 e. The summed E-state index contributed by atoms with van der Waals surface area (Å²) in [7, 11) is 0. The first-order chi connectivity index (χ1) is 9.70. The Bertz CT molecular complexity index is 526. The zero-order valence-electron chi connectivity index (χ0n) is 11.0. The van der Waals surface area contributed by atoms with E-state index in [9.17, 15) is 8.78 Å². The number of hydrogen-bond acceptors (Lipinski definition) is 3. The number of nitrogens with one attached hydrogen (secondary N) is 1. The van der Waals surface area contributed by atoms with Crippen LogP contribution < -0.4 is 11.3 Å². The highest BCUT2D eigenvalue weighted by molar-refractivity contribution is 5.20. The molecular weight excluding hydrogens is 260 g/mol. The lowest BCUT2D eigenvalue weighted by atomic mass is 10.0. The molecule has 2 aromatic rings. The van der Waals surface area contributed by atoms with E-state index in [4.69, 9.17) is 5.84 Å². The van der Waals surface area contributed by atoms with E-state index >= 15 is 0 Å². The molecule has 0 amide bonds. The van der Waals surface area contributed by atoms with Gasteiger partial charge >= 0.3 is 0 Å². The maximum atomic E-state index is 13.6. The van der Waals surface area contributed by atoms with E-state index < -0.39 is 11.6 Å². The highest BCUT2D eigenvalue weighted by Crippen LogP contribution is 2.16. The Labute approximate surface area is 116 Å². The molecule has 1 aromatic carbocycles. The van der Waals surface area contributed by atoms with Crippen LogP contribution in [-0.2, 0) is 12.8 Å². The molecule has 20 heavy (non-hydrogen) atoms. The van der Waals surface area contributed by atoms with Crippen molar-refractivity contribution >= 4 is 0 Å². The first-order valence-electron chi connectivity index (χ1n) is 6.49. The molecule has 1 heterocycles. The summed E-state index contributed by atoms with van der Waals surface area (Å²) in [5, 5.41) is 0. The fraction of sp³-hybridized carbons (Fsp3) is 0.267. The molecule has 106 valence electrons. The highest BCUT2D eigenvalue weighted by atomic mass is 19.1. The number of hydrazine groups is 1. The van der Waals surface area contributed by atoms with Crippen molar-refractivity contribution in [3.8, 4) is 0 Å². The third-order valence-corrected chi connectivity index (χ3v) is 3.22. The first kappa shape index (κ1) is 14.6. The van der Waals surface area contributed by atoms with Gasteiger partial charge in [-0.1, -0.05) is 12.1 Å². The molecule has 0 radical (unpaired) electrons. The van der Waals surface area contributed by atoms with E-state index in [0.29, 0.717) is 12.8 Å². The molecule has 1 atom stereocenters. The lowest BCUT2D eigenvalue weighted by Crippen LogP contribution is -2.37. The monoisotopic (exact) mass is 277 g/mol. The number of hydrogen-bond donors (Lipinski definition) is 2. The Hall–Kier alpha value is -1.85. The Kier molecular flexibility index (Phi) is 5.15. The number of halogens is 2. The molecule has 0 aliphatic carbocycles. The van der Waals surface area contributed by atoms with E-state index in [2.05, 4.69) is 10.4 Å². The number of benzene rings is 1. The number of nitrogens with zero attached hydrogens (tertiary/aromatic N) is 1. The highest BCUT2D eigenvalue weighted by Gasteiger charge is 2.15. The van der Waals surface area contributed by atoms with Crippen LogP contribution in [0.3, 0.4) is 0 Å². The second-order valence-electron chi connectivity index (χ2n) is 4.63. The summed E-state index contributed by atoms with van der Waals surface area (Å²) in [6.45, 7) is 0. The molecule has 0 spiro atoms. The van der Waals surface area contributed by atoms with Gasteiger partial charge in [0.05, 0.1) is 0 Å². The van der Waals surface area contributed by atoms with Gasteiger partial charge in [-0.2, -0.15) is 0 Å². The molecule has 3 N–H and O–H groups in total. The van der Waals surface area contributed by atoms with Crippen molar-refractivity contribution in [2.45, 2.75) is 25.3 Å². The van der Waals surface area contributed by atoms with Crippen LogP contribution in [0.15, 0.2) is 42.6 Å². The van der Waals surface area contributed by atoms with Crippen molar-refractivity contribution in [3.63, 3.8) is 0 Å². The molecule has 0 bridgehead atoms. The summed E-state index contributed by atoms with van der Waals surface area (Å²) in [4.78, 5) is 4.21. The van der Waals surface area contributed by atoms with Crippen LogP contribution in [0, 0.1) is 11.6 Å². The molecule has 3 nitrogen and oxygen atoms in total. The third-order valence-electron chi connectivity index (χ3n) is 3.22. The Morgan fingerprint density at radius 1 is 1.10 bits per heavy atom. The zero-order valence-corrected chi connectivity index (χ0v) is 11.0. The number of pyridine rings is 1. The number of aromatic nitrogens is 1. The van der Waals surface area contributed by atoms with Gasteiger partial charge in [0.1, 0.15) is 11.6 Å². The fourth-order valence-electron chi connectivity index (χ4n) is 2.09. The van der Waals surface area contributed by atoms with Gasteiger partial charge in [0.15, 0.2) is 0 Å². The smallest absolute Gasteiger partial charge is 0.129 e. The number of nitrogens with two attached hydrogens (primary N) is 1. The number of aryl methyl sites for hydroxylation is 1. The maximum absolute atomic E-state index is 13.6. The summed E-state index contributed by atoms with van der Waals surface area (Å²) < 4.78 is 27.2. The van der Waals surface area contributed by atoms with Gasteiger partial charge in [-0.05, 0) is 43.5 Å². The van der Waals surface area contributed by atoms with Crippen molar-refractivity contribution in [2.75, 3.05) is 0 Å². The molecule has 1 unspecified atom stereocenters. The molecule has 0 saturated carbocycles. The summed E-state index contributed by atoms with van der Waals surface area (Å²) in [5.74, 6) is 4.39. The normalized spacial score (nSPS) is 12.3. The van der Waals surface area contributed by atoms with E-state index in [0.717, 1.165) is 5.69 Å². The standard InChI is InChI=1S/C15H17F2N3/c16-14-5-3-6-15(17)13(14)10-12(20-18)8-7-11-4-1-2-9-19-11/h1-6,9,12,20H,7-8,10,18H2. The summed E-state index contributed by atoms with van der Waals surface area (Å²) in [6.07, 6.45) is 3.28. The lowest BCUT2D eigenvalue weighted by molar-refractivity contribution is 0.462. The SMILES string of the molecule is NNC(CCc1ccccn1)Cc1c(F)cccc1F. The first-order valence-corrected chi connectivity index (χ1v) is 6.49. The lowest BCUT2D eigenvalue weighted by Gasteiger charge is -2.16. The second kappa shape index (κ2) is 7.07. The van der Waals surface area contributed by atoms with Crippen LogP contribution in [0.2, 0.25) is 0 Å². The van der Waals surface area contributed by atoms with E-state index in [1.54, 1.807) is 6.20 Å². The average molecular weight is 277 g/mol. The third kappa shape index (κ3) is 3.82. The van der Waals surface area contributed by atoms with Crippen LogP contribution in [0.4, 0.5) is 8.78 Å². The van der Waals surface area contributed by atoms with Crippen LogP contribution in [0.5, 0.6) is 0 Å². The molecule has 0 aliphatic rings. The van der Waals surface area contributed by atoms with Gasteiger partial charge < -0.3 is 0 Å². The quantitative estimate of drug-likeness (QED) is 0.629. The molecule has 1 aromatic heterocycles. The Morgan fingerprint density at radius 3 is 2.45 bits per heavy atom. The minimum atomic E-state index is -0.539. The van der Waals surface area contributed by atoms with Gasteiger partial charge in [0.25, 0.3) is 0 Å². The summed E-state index contributed by atoms with van der Waals surface area (Å²) in [6, 6.07) is 9.32. The Balaban J connectivity index is 1.99. The largest absolute Gasteiger partial charge is 0.271 e. The van der Waals surface area contributed by atoms with E-state index in [-0.39, 0.29) is 18.0 Å². The predicted octanol–water partition coefficient (Wildman–Crippen LogP) is 2.37. The molecule has 2 rings (SSSR count). The molecule has 0 aliphatic heterocycles. The molecule has 0 fully saturated rings. The van der Waals surface area contributed by atoms with E-state index in [1.165, 1.54) is 18.2 Å². The zero-order chi connectivity index (χ0) is 14.4. The second-order valence-corrected chi connectivity index (χ2v) is 4.63. The van der Waals surface area contributed by atoms with Gasteiger partial charge in [0, 0.05) is 23.5 Å². The number of rotatable bonds is 6. The van der Waals surface area contributed by atoms with Gasteiger partial charge in [0.2, 0.25) is 0 Å². The predicted molar refractivity (Wildman–Crippen MR) is 73.7 cm³/mol. The van der Waals surface area contributed by atoms with Crippen LogP contribution >= 0.6 is 0 Å². The van der Waals surface area contributed by atoms with Crippen molar-refractivity contribution in [1.29, 1.82) is 0 Å². The van der Waals surface area contributed by atoms with Gasteiger partial charge in [-0.3, -0.25) is 16.3 Å². The summed E-state index contributed by atoms with van der Waals surface area (Å²) >= 11 is 0. The fourth-order valence-corrected chi connectivity index (χ4v) is 2.09. The van der Waals surface area contributed by atoms with Crippen molar-refractivity contribution in [1.82, 2.24) is 10.4 Å². The van der Waals surface area contributed by atoms with Gasteiger partial charge in [-0.15, -0.1) is 0 Å². The summed E-state index contributed by atoms with van der Waals surface area (Å²) in [5.41, 5.74) is 3.61. The van der Waals surface area contributed by atoms with Crippen molar-refractivity contribution in [2.24, 2.45) is 5.84 Å². The molecule has 0 saturated heterocycles. The van der Waals surface area contributed by atoms with Crippen molar-refractivity contribution < 1.29 is 8.78 Å². The topological polar surface area (TPSA) is 50.9 Å². The average Bonchev–Trinajstić information content (AvgIpc) is 2.47. The van der Waals surface area contributed by atoms with Gasteiger partial charge in [-0.25, -0.2) is 8.78 Å². The van der Waals surface area contributed by atoms with Crippen LogP contribution in [0.1, 0.15) is 17.7 Å². The van der Waals surface area contributed by atoms with Crippen LogP contribution in [0.25, 0.3) is 0 Å². The molecular formula is C15H17F2N3. The maximum Gasteiger partial charge on any atom is 0.129 e. The van der Waals surface area contributed by atoms with Crippen LogP contribution in [-0.4, -0.2) is 11.0 Å².